The highest BCUT2D eigenvalue weighted by Gasteiger charge is 2.23. The molecule has 5 nitrogen and oxygen atoms in total. The van der Waals surface area contributed by atoms with Crippen LogP contribution < -0.4 is 10.6 Å². The number of likely N-dealkylation sites (N-methyl/N-ethyl adjacent to an activating group) is 1. The number of anilines is 2. The summed E-state index contributed by atoms with van der Waals surface area (Å²) in [5, 5.41) is 0. The van der Waals surface area contributed by atoms with E-state index in [1.165, 1.54) is 0 Å². The summed E-state index contributed by atoms with van der Waals surface area (Å²) in [7, 11) is 2.04. The second-order valence-electron chi connectivity index (χ2n) is 4.23. The van der Waals surface area contributed by atoms with Crippen molar-refractivity contribution in [2.45, 2.75) is 26.3 Å². The summed E-state index contributed by atoms with van der Waals surface area (Å²) in [6, 6.07) is 0.396. The lowest BCUT2D eigenvalue weighted by atomic mass is 10.2. The minimum Gasteiger partial charge on any atom is -0.383 e. The average Bonchev–Trinajstić information content (AvgIpc) is 2.75. The van der Waals surface area contributed by atoms with Gasteiger partial charge in [-0.2, -0.15) is 0 Å². The first-order valence-corrected chi connectivity index (χ1v) is 5.51. The van der Waals surface area contributed by atoms with Gasteiger partial charge < -0.3 is 15.4 Å². The van der Waals surface area contributed by atoms with Crippen molar-refractivity contribution in [1.29, 1.82) is 0 Å². The molecule has 1 fully saturated rings. The van der Waals surface area contributed by atoms with E-state index in [9.17, 15) is 0 Å². The molecule has 2 N–H and O–H groups in total. The Morgan fingerprint density at radius 3 is 2.75 bits per heavy atom. The highest BCUT2D eigenvalue weighted by Crippen LogP contribution is 2.24. The van der Waals surface area contributed by atoms with Crippen LogP contribution in [0.15, 0.2) is 0 Å². The molecular weight excluding hydrogens is 204 g/mol. The van der Waals surface area contributed by atoms with Gasteiger partial charge in [0.25, 0.3) is 0 Å². The average molecular weight is 222 g/mol. The van der Waals surface area contributed by atoms with Gasteiger partial charge in [-0.05, 0) is 20.3 Å². The maximum atomic E-state index is 5.85. The van der Waals surface area contributed by atoms with E-state index in [-0.39, 0.29) is 0 Å². The molecule has 0 bridgehead atoms. The van der Waals surface area contributed by atoms with E-state index in [0.29, 0.717) is 17.7 Å². The smallest absolute Gasteiger partial charge is 0.137 e. The molecule has 1 saturated heterocycles. The van der Waals surface area contributed by atoms with Gasteiger partial charge in [0, 0.05) is 19.2 Å². The minimum absolute atomic E-state index is 0.396. The fourth-order valence-electron chi connectivity index (χ4n) is 1.98. The quantitative estimate of drug-likeness (QED) is 0.805. The number of nitrogen functional groups attached to an aromatic ring is 1. The summed E-state index contributed by atoms with van der Waals surface area (Å²) in [6.07, 6.45) is 1.04. The Balaban J connectivity index is 2.31. The molecule has 2 rings (SSSR count). The summed E-state index contributed by atoms with van der Waals surface area (Å²) >= 11 is 0. The Kier molecular flexibility index (Phi) is 2.96. The minimum atomic E-state index is 0.396. The van der Waals surface area contributed by atoms with Crippen molar-refractivity contribution in [2.75, 3.05) is 30.9 Å². The summed E-state index contributed by atoms with van der Waals surface area (Å²) in [4.78, 5) is 10.8. The van der Waals surface area contributed by atoms with Crippen molar-refractivity contribution < 1.29 is 4.74 Å². The van der Waals surface area contributed by atoms with E-state index in [1.807, 2.05) is 20.9 Å². The molecule has 0 aromatic carbocycles. The van der Waals surface area contributed by atoms with Crippen molar-refractivity contribution in [3.63, 3.8) is 0 Å². The first-order chi connectivity index (χ1) is 7.59. The maximum Gasteiger partial charge on any atom is 0.137 e. The van der Waals surface area contributed by atoms with Crippen LogP contribution >= 0.6 is 0 Å². The summed E-state index contributed by atoms with van der Waals surface area (Å²) < 4.78 is 5.38. The number of ether oxygens (including phenoxy) is 1. The van der Waals surface area contributed by atoms with E-state index >= 15 is 0 Å². The number of rotatable bonds is 2. The largest absolute Gasteiger partial charge is 0.383 e. The highest BCUT2D eigenvalue weighted by atomic mass is 16.5. The first-order valence-electron chi connectivity index (χ1n) is 5.51. The van der Waals surface area contributed by atoms with Crippen molar-refractivity contribution in [3.05, 3.63) is 11.4 Å². The van der Waals surface area contributed by atoms with Gasteiger partial charge >= 0.3 is 0 Å². The number of hydrogen-bond donors (Lipinski definition) is 1. The molecule has 5 heteroatoms. The Labute approximate surface area is 95.6 Å². The predicted octanol–water partition coefficient (Wildman–Crippen LogP) is 0.901. The second-order valence-corrected chi connectivity index (χ2v) is 4.23. The molecule has 0 aliphatic carbocycles. The summed E-state index contributed by atoms with van der Waals surface area (Å²) in [5.74, 6) is 2.19. The molecular formula is C11H18N4O. The van der Waals surface area contributed by atoms with Gasteiger partial charge in [-0.15, -0.1) is 0 Å². The van der Waals surface area contributed by atoms with Crippen LogP contribution in [-0.2, 0) is 4.74 Å². The molecule has 16 heavy (non-hydrogen) atoms. The van der Waals surface area contributed by atoms with E-state index in [1.54, 1.807) is 0 Å². The first kappa shape index (κ1) is 11.1. The van der Waals surface area contributed by atoms with Gasteiger partial charge in [0.1, 0.15) is 17.5 Å². The third-order valence-corrected chi connectivity index (χ3v) is 3.06. The van der Waals surface area contributed by atoms with Gasteiger partial charge in [0.05, 0.1) is 12.6 Å². The van der Waals surface area contributed by atoms with Gasteiger partial charge in [-0.25, -0.2) is 9.97 Å². The second kappa shape index (κ2) is 4.25. The van der Waals surface area contributed by atoms with Crippen LogP contribution in [0, 0.1) is 13.8 Å². The third kappa shape index (κ3) is 1.95. The van der Waals surface area contributed by atoms with E-state index < -0.39 is 0 Å². The number of nitrogens with zero attached hydrogens (tertiary/aromatic N) is 3. The summed E-state index contributed by atoms with van der Waals surface area (Å²) in [6.45, 7) is 5.40. The Morgan fingerprint density at radius 2 is 2.12 bits per heavy atom. The Hall–Kier alpha value is -1.36. The molecule has 1 aromatic rings. The van der Waals surface area contributed by atoms with Crippen LogP contribution in [0.2, 0.25) is 0 Å². The van der Waals surface area contributed by atoms with E-state index in [0.717, 1.165) is 31.0 Å². The Morgan fingerprint density at radius 1 is 1.38 bits per heavy atom. The molecule has 1 unspecified atom stereocenters. The lowest BCUT2D eigenvalue weighted by Crippen LogP contribution is -2.33. The zero-order chi connectivity index (χ0) is 11.7. The van der Waals surface area contributed by atoms with Crippen molar-refractivity contribution >= 4 is 11.6 Å². The fraction of sp³-hybridized carbons (Fsp3) is 0.636. The lowest BCUT2D eigenvalue weighted by Gasteiger charge is -2.26. The zero-order valence-corrected chi connectivity index (χ0v) is 10.0. The molecule has 0 saturated carbocycles. The molecule has 0 radical (unpaired) electrons. The molecule has 1 aliphatic rings. The van der Waals surface area contributed by atoms with Crippen LogP contribution in [0.25, 0.3) is 0 Å². The van der Waals surface area contributed by atoms with E-state index in [2.05, 4.69) is 14.9 Å². The summed E-state index contributed by atoms with van der Waals surface area (Å²) in [5.41, 5.74) is 6.79. The molecule has 0 amide bonds. The van der Waals surface area contributed by atoms with Gasteiger partial charge in [0.15, 0.2) is 0 Å². The van der Waals surface area contributed by atoms with Gasteiger partial charge in [-0.1, -0.05) is 0 Å². The SMILES string of the molecule is Cc1nc(N)c(C)c(N(C)C2CCOC2)n1. The van der Waals surface area contributed by atoms with Crippen molar-refractivity contribution in [2.24, 2.45) is 0 Å². The zero-order valence-electron chi connectivity index (χ0n) is 10.0. The molecule has 0 spiro atoms. The van der Waals surface area contributed by atoms with Crippen LogP contribution in [0.4, 0.5) is 11.6 Å². The predicted molar refractivity (Wildman–Crippen MR) is 63.5 cm³/mol. The van der Waals surface area contributed by atoms with Crippen LogP contribution in [0.1, 0.15) is 17.8 Å². The number of hydrogen-bond acceptors (Lipinski definition) is 5. The normalized spacial score (nSPS) is 20.1. The molecule has 1 atom stereocenters. The van der Waals surface area contributed by atoms with Crippen molar-refractivity contribution in [1.82, 2.24) is 9.97 Å². The van der Waals surface area contributed by atoms with Crippen LogP contribution in [-0.4, -0.2) is 36.3 Å². The van der Waals surface area contributed by atoms with Crippen LogP contribution in [0.3, 0.4) is 0 Å². The molecule has 88 valence electrons. The third-order valence-electron chi connectivity index (χ3n) is 3.06. The van der Waals surface area contributed by atoms with Gasteiger partial charge in [0.2, 0.25) is 0 Å². The lowest BCUT2D eigenvalue weighted by molar-refractivity contribution is 0.193. The number of aryl methyl sites for hydroxylation is 1. The number of aromatic nitrogens is 2. The topological polar surface area (TPSA) is 64.3 Å². The fourth-order valence-corrected chi connectivity index (χ4v) is 1.98. The maximum absolute atomic E-state index is 5.85. The molecule has 2 heterocycles. The highest BCUT2D eigenvalue weighted by molar-refractivity contribution is 5.56. The standard InChI is InChI=1S/C11H18N4O/c1-7-10(12)13-8(2)14-11(7)15(3)9-4-5-16-6-9/h9H,4-6H2,1-3H3,(H2,12,13,14). The number of nitrogens with two attached hydrogens (primary N) is 1. The molecule has 1 aliphatic heterocycles. The van der Waals surface area contributed by atoms with Crippen LogP contribution in [0.5, 0.6) is 0 Å². The van der Waals surface area contributed by atoms with E-state index in [4.69, 9.17) is 10.5 Å². The Bertz CT molecular complexity index is 388. The van der Waals surface area contributed by atoms with Gasteiger partial charge in [-0.3, -0.25) is 0 Å². The molecule has 1 aromatic heterocycles. The monoisotopic (exact) mass is 222 g/mol. The van der Waals surface area contributed by atoms with Crippen molar-refractivity contribution in [3.8, 4) is 0 Å².